The van der Waals surface area contributed by atoms with Crippen LogP contribution < -0.4 is 0 Å². The largest absolute Gasteiger partial charge is 0.508 e. The van der Waals surface area contributed by atoms with Crippen molar-refractivity contribution in [1.82, 2.24) is 0 Å². The number of hydrogen-bond donors (Lipinski definition) is 2. The maximum atomic E-state index is 10.4. The molecule has 0 aromatic heterocycles. The highest BCUT2D eigenvalue weighted by Gasteiger charge is 2.25. The van der Waals surface area contributed by atoms with Crippen LogP contribution in [0.3, 0.4) is 0 Å². The predicted octanol–water partition coefficient (Wildman–Crippen LogP) is 4.49. The molecule has 0 spiro atoms. The third-order valence-electron chi connectivity index (χ3n) is 4.77. The summed E-state index contributed by atoms with van der Waals surface area (Å²) in [5.41, 5.74) is 2.33. The normalized spacial score (nSPS) is 23.8. The van der Waals surface area contributed by atoms with Crippen LogP contribution >= 0.6 is 0 Å². The van der Waals surface area contributed by atoms with Crippen molar-refractivity contribution < 1.29 is 10.2 Å². The Morgan fingerprint density at radius 2 is 2.00 bits per heavy atom. The second kappa shape index (κ2) is 6.17. The molecule has 2 nitrogen and oxygen atoms in total. The number of phenols is 1. The van der Waals surface area contributed by atoms with Gasteiger partial charge in [-0.25, -0.2) is 0 Å². The monoisotopic (exact) mass is 276 g/mol. The van der Waals surface area contributed by atoms with Gasteiger partial charge in [-0.05, 0) is 54.2 Å². The van der Waals surface area contributed by atoms with E-state index in [0.717, 1.165) is 44.1 Å². The van der Waals surface area contributed by atoms with E-state index in [1.807, 2.05) is 6.07 Å². The van der Waals surface area contributed by atoms with E-state index < -0.39 is 0 Å². The molecule has 2 N–H and O–H groups in total. The van der Waals surface area contributed by atoms with Gasteiger partial charge in [0.1, 0.15) is 5.75 Å². The van der Waals surface area contributed by atoms with Gasteiger partial charge in [-0.1, -0.05) is 45.7 Å². The molecule has 1 aliphatic rings. The number of aromatic hydroxyl groups is 1. The molecule has 1 saturated carbocycles. The Hall–Kier alpha value is -1.02. The lowest BCUT2D eigenvalue weighted by Crippen LogP contribution is -2.19. The number of benzene rings is 1. The standard InChI is InChI=1S/C18H28O2/c1-4-10-18(2,3)14-8-9-16(17(20)12-14)13-6-5-7-15(19)11-13/h8-9,12-13,15,19-20H,4-7,10-11H2,1-3H3/t13-,15+/m0/s1. The molecule has 1 aromatic rings. The summed E-state index contributed by atoms with van der Waals surface area (Å²) in [5, 5.41) is 20.2. The summed E-state index contributed by atoms with van der Waals surface area (Å²) in [4.78, 5) is 0. The third-order valence-corrected chi connectivity index (χ3v) is 4.77. The van der Waals surface area contributed by atoms with Crippen LogP contribution in [0.15, 0.2) is 18.2 Å². The smallest absolute Gasteiger partial charge is 0.119 e. The Morgan fingerprint density at radius 3 is 2.60 bits per heavy atom. The van der Waals surface area contributed by atoms with Gasteiger partial charge in [0.2, 0.25) is 0 Å². The Kier molecular flexibility index (Phi) is 4.74. The Labute approximate surface area is 122 Å². The van der Waals surface area contributed by atoms with E-state index in [1.165, 1.54) is 5.56 Å². The first-order valence-electron chi connectivity index (χ1n) is 7.95. The fourth-order valence-corrected chi connectivity index (χ4v) is 3.53. The van der Waals surface area contributed by atoms with Gasteiger partial charge < -0.3 is 10.2 Å². The van der Waals surface area contributed by atoms with Crippen LogP contribution in [0.25, 0.3) is 0 Å². The molecule has 20 heavy (non-hydrogen) atoms. The lowest BCUT2D eigenvalue weighted by atomic mass is 9.78. The van der Waals surface area contributed by atoms with E-state index in [4.69, 9.17) is 0 Å². The van der Waals surface area contributed by atoms with Crippen LogP contribution in [-0.4, -0.2) is 16.3 Å². The first-order valence-corrected chi connectivity index (χ1v) is 7.95. The molecule has 1 fully saturated rings. The summed E-state index contributed by atoms with van der Waals surface area (Å²) in [6.45, 7) is 6.66. The molecule has 0 bridgehead atoms. The average molecular weight is 276 g/mol. The molecule has 1 aliphatic carbocycles. The molecule has 2 heteroatoms. The molecule has 2 atom stereocenters. The summed E-state index contributed by atoms with van der Waals surface area (Å²) in [6, 6.07) is 6.17. The molecule has 0 saturated heterocycles. The zero-order valence-electron chi connectivity index (χ0n) is 13.0. The van der Waals surface area contributed by atoms with Crippen molar-refractivity contribution >= 4 is 0 Å². The van der Waals surface area contributed by atoms with Gasteiger partial charge in [0.25, 0.3) is 0 Å². The van der Waals surface area contributed by atoms with Crippen molar-refractivity contribution in [3.05, 3.63) is 29.3 Å². The second-order valence-electron chi connectivity index (χ2n) is 6.92. The molecule has 0 heterocycles. The van der Waals surface area contributed by atoms with Crippen LogP contribution in [0.1, 0.15) is 76.3 Å². The number of phenolic OH excluding ortho intramolecular Hbond substituents is 1. The van der Waals surface area contributed by atoms with Crippen molar-refractivity contribution in [3.63, 3.8) is 0 Å². The SMILES string of the molecule is CCCC(C)(C)c1ccc([C@H]2CCC[C@@H](O)C2)c(O)c1. The highest BCUT2D eigenvalue weighted by molar-refractivity contribution is 5.41. The van der Waals surface area contributed by atoms with Crippen LogP contribution in [0.5, 0.6) is 5.75 Å². The summed E-state index contributed by atoms with van der Waals surface area (Å²) in [7, 11) is 0. The lowest BCUT2D eigenvalue weighted by Gasteiger charge is -2.29. The fourth-order valence-electron chi connectivity index (χ4n) is 3.53. The van der Waals surface area contributed by atoms with Crippen LogP contribution in [0.2, 0.25) is 0 Å². The first-order chi connectivity index (χ1) is 9.44. The number of aliphatic hydroxyl groups excluding tert-OH is 1. The van der Waals surface area contributed by atoms with Crippen LogP contribution in [0, 0.1) is 0 Å². The Bertz CT molecular complexity index is 451. The predicted molar refractivity (Wildman–Crippen MR) is 83.3 cm³/mol. The Balaban J connectivity index is 2.21. The molecular weight excluding hydrogens is 248 g/mol. The van der Waals surface area contributed by atoms with Gasteiger partial charge in [0, 0.05) is 0 Å². The highest BCUT2D eigenvalue weighted by Crippen LogP contribution is 2.39. The number of rotatable bonds is 4. The molecule has 0 amide bonds. The minimum atomic E-state index is -0.204. The van der Waals surface area contributed by atoms with E-state index >= 15 is 0 Å². The van der Waals surface area contributed by atoms with E-state index in [9.17, 15) is 10.2 Å². The van der Waals surface area contributed by atoms with Crippen molar-refractivity contribution in [3.8, 4) is 5.75 Å². The van der Waals surface area contributed by atoms with Gasteiger partial charge in [-0.3, -0.25) is 0 Å². The summed E-state index contributed by atoms with van der Waals surface area (Å²) >= 11 is 0. The zero-order valence-corrected chi connectivity index (χ0v) is 13.0. The van der Waals surface area contributed by atoms with E-state index in [1.54, 1.807) is 0 Å². The maximum absolute atomic E-state index is 10.4. The molecule has 0 aliphatic heterocycles. The Morgan fingerprint density at radius 1 is 1.25 bits per heavy atom. The van der Waals surface area contributed by atoms with Gasteiger partial charge >= 0.3 is 0 Å². The maximum Gasteiger partial charge on any atom is 0.119 e. The van der Waals surface area contributed by atoms with Crippen molar-refractivity contribution in [2.45, 2.75) is 76.7 Å². The lowest BCUT2D eigenvalue weighted by molar-refractivity contribution is 0.119. The summed E-state index contributed by atoms with van der Waals surface area (Å²) < 4.78 is 0. The van der Waals surface area contributed by atoms with E-state index in [0.29, 0.717) is 11.7 Å². The number of aliphatic hydroxyl groups is 1. The van der Waals surface area contributed by atoms with Crippen molar-refractivity contribution in [1.29, 1.82) is 0 Å². The first kappa shape index (κ1) is 15.4. The minimum absolute atomic E-state index is 0.108. The topological polar surface area (TPSA) is 40.5 Å². The van der Waals surface area contributed by atoms with Gasteiger partial charge in [-0.2, -0.15) is 0 Å². The number of hydrogen-bond acceptors (Lipinski definition) is 2. The molecule has 1 aromatic carbocycles. The van der Waals surface area contributed by atoms with Crippen molar-refractivity contribution in [2.75, 3.05) is 0 Å². The van der Waals surface area contributed by atoms with Gasteiger partial charge in [0.15, 0.2) is 0 Å². The van der Waals surface area contributed by atoms with Crippen molar-refractivity contribution in [2.24, 2.45) is 0 Å². The molecule has 2 rings (SSSR count). The molecular formula is C18H28O2. The van der Waals surface area contributed by atoms with Gasteiger partial charge in [-0.15, -0.1) is 0 Å². The van der Waals surface area contributed by atoms with E-state index in [-0.39, 0.29) is 11.5 Å². The summed E-state index contributed by atoms with van der Waals surface area (Å²) in [5.74, 6) is 0.716. The van der Waals surface area contributed by atoms with Gasteiger partial charge in [0.05, 0.1) is 6.10 Å². The zero-order chi connectivity index (χ0) is 14.8. The minimum Gasteiger partial charge on any atom is -0.508 e. The van der Waals surface area contributed by atoms with Crippen LogP contribution in [0.4, 0.5) is 0 Å². The average Bonchev–Trinajstić information content (AvgIpc) is 2.38. The molecule has 0 radical (unpaired) electrons. The van der Waals surface area contributed by atoms with E-state index in [2.05, 4.69) is 32.9 Å². The molecule has 0 unspecified atom stereocenters. The fraction of sp³-hybridized carbons (Fsp3) is 0.667. The molecule has 112 valence electrons. The summed E-state index contributed by atoms with van der Waals surface area (Å²) in [6.07, 6.45) is 5.86. The van der Waals surface area contributed by atoms with Crippen LogP contribution in [-0.2, 0) is 5.41 Å². The second-order valence-corrected chi connectivity index (χ2v) is 6.92. The third kappa shape index (κ3) is 3.35. The highest BCUT2D eigenvalue weighted by atomic mass is 16.3. The quantitative estimate of drug-likeness (QED) is 0.850.